The Morgan fingerprint density at radius 1 is 1.23 bits per heavy atom. The molecule has 0 bridgehead atoms. The molecule has 1 aromatic rings. The quantitative estimate of drug-likeness (QED) is 0.672. The Morgan fingerprint density at radius 3 is 2.55 bits per heavy atom. The SMILES string of the molecule is CC(=O)N1CCC(N2CC3(C2)C(=O)N(Cc2ccc(C)o2)C(=O)[C@@H]2C[C@@H](O)CN23)CC1. The Labute approximate surface area is 181 Å². The number of nitrogens with zero attached hydrogens (tertiary/aromatic N) is 4. The van der Waals surface area contributed by atoms with Crippen LogP contribution in [0.15, 0.2) is 16.5 Å². The molecule has 0 saturated carbocycles. The van der Waals surface area contributed by atoms with Crippen molar-refractivity contribution in [3.05, 3.63) is 23.7 Å². The monoisotopic (exact) mass is 430 g/mol. The summed E-state index contributed by atoms with van der Waals surface area (Å²) in [6.07, 6.45) is 1.55. The largest absolute Gasteiger partial charge is 0.464 e. The molecule has 1 aromatic heterocycles. The van der Waals surface area contributed by atoms with Crippen LogP contribution in [0.25, 0.3) is 0 Å². The fourth-order valence-corrected chi connectivity index (χ4v) is 5.80. The number of rotatable bonds is 3. The maximum atomic E-state index is 13.6. The molecular formula is C22H30N4O5. The lowest BCUT2D eigenvalue weighted by atomic mass is 9.80. The van der Waals surface area contributed by atoms with Crippen LogP contribution in [0, 0.1) is 6.92 Å². The number of furan rings is 1. The van der Waals surface area contributed by atoms with Gasteiger partial charge in [0.05, 0.1) is 18.7 Å². The first kappa shape index (κ1) is 20.7. The van der Waals surface area contributed by atoms with E-state index in [1.54, 1.807) is 13.0 Å². The highest BCUT2D eigenvalue weighted by Crippen LogP contribution is 2.42. The molecule has 0 aromatic carbocycles. The van der Waals surface area contributed by atoms with E-state index >= 15 is 0 Å². The van der Waals surface area contributed by atoms with Crippen LogP contribution >= 0.6 is 0 Å². The Balaban J connectivity index is 1.34. The second-order valence-corrected chi connectivity index (χ2v) is 9.47. The molecule has 1 spiro atoms. The number of carbonyl (C=O) groups is 3. The number of aryl methyl sites for hydroxylation is 1. The van der Waals surface area contributed by atoms with Gasteiger partial charge in [-0.05, 0) is 38.3 Å². The van der Waals surface area contributed by atoms with Crippen LogP contribution < -0.4 is 0 Å². The van der Waals surface area contributed by atoms with Gasteiger partial charge in [0.15, 0.2) is 0 Å². The molecule has 5 rings (SSSR count). The van der Waals surface area contributed by atoms with Gasteiger partial charge in [0.2, 0.25) is 11.8 Å². The zero-order valence-corrected chi connectivity index (χ0v) is 18.1. The van der Waals surface area contributed by atoms with Crippen LogP contribution in [-0.4, -0.2) is 98.9 Å². The Kier molecular flexibility index (Phi) is 4.95. The Morgan fingerprint density at radius 2 is 1.94 bits per heavy atom. The number of fused-ring (bicyclic) bond motifs is 2. The number of aliphatic hydroxyl groups excluding tert-OH is 1. The summed E-state index contributed by atoms with van der Waals surface area (Å²) in [6, 6.07) is 3.49. The second-order valence-electron chi connectivity index (χ2n) is 9.47. The van der Waals surface area contributed by atoms with E-state index < -0.39 is 17.7 Å². The fourth-order valence-electron chi connectivity index (χ4n) is 5.80. The van der Waals surface area contributed by atoms with E-state index in [-0.39, 0.29) is 24.3 Å². The Hall–Kier alpha value is -2.23. The van der Waals surface area contributed by atoms with Gasteiger partial charge in [0.1, 0.15) is 17.1 Å². The molecule has 9 heteroatoms. The van der Waals surface area contributed by atoms with Crippen molar-refractivity contribution in [1.29, 1.82) is 0 Å². The van der Waals surface area contributed by atoms with E-state index in [1.165, 1.54) is 4.90 Å². The smallest absolute Gasteiger partial charge is 0.252 e. The van der Waals surface area contributed by atoms with Crippen molar-refractivity contribution < 1.29 is 23.9 Å². The van der Waals surface area contributed by atoms with Gasteiger partial charge >= 0.3 is 0 Å². The molecule has 0 radical (unpaired) electrons. The maximum Gasteiger partial charge on any atom is 0.252 e. The summed E-state index contributed by atoms with van der Waals surface area (Å²) in [5.41, 5.74) is -0.768. The average molecular weight is 431 g/mol. The fraction of sp³-hybridized carbons (Fsp3) is 0.682. The van der Waals surface area contributed by atoms with Gasteiger partial charge in [0.25, 0.3) is 5.91 Å². The number of imide groups is 1. The van der Waals surface area contributed by atoms with Gasteiger partial charge in [-0.25, -0.2) is 0 Å². The lowest BCUT2D eigenvalue weighted by Crippen LogP contribution is -2.82. The minimum absolute atomic E-state index is 0.109. The molecule has 168 valence electrons. The lowest BCUT2D eigenvalue weighted by Gasteiger charge is -2.60. The van der Waals surface area contributed by atoms with Gasteiger partial charge in [-0.15, -0.1) is 0 Å². The summed E-state index contributed by atoms with van der Waals surface area (Å²) >= 11 is 0. The molecule has 0 unspecified atom stereocenters. The number of carbonyl (C=O) groups excluding carboxylic acids is 3. The third kappa shape index (κ3) is 3.30. The minimum atomic E-state index is -0.768. The van der Waals surface area contributed by atoms with E-state index in [1.807, 2.05) is 22.8 Å². The molecule has 0 aliphatic carbocycles. The first-order chi connectivity index (χ1) is 14.8. The molecule has 4 aliphatic rings. The number of β-amino-alcohol motifs (C(OH)–C–C–N with tert-alkyl or cyclic N) is 1. The molecule has 31 heavy (non-hydrogen) atoms. The maximum absolute atomic E-state index is 13.6. The number of hydrogen-bond acceptors (Lipinski definition) is 7. The van der Waals surface area contributed by atoms with Gasteiger partial charge in [-0.2, -0.15) is 0 Å². The highest BCUT2D eigenvalue weighted by molar-refractivity contribution is 6.06. The van der Waals surface area contributed by atoms with E-state index in [9.17, 15) is 19.5 Å². The molecule has 3 amide bonds. The van der Waals surface area contributed by atoms with Crippen LogP contribution in [0.4, 0.5) is 0 Å². The summed E-state index contributed by atoms with van der Waals surface area (Å²) in [4.78, 5) is 45.9. The molecule has 9 nitrogen and oxygen atoms in total. The number of piperidine rings is 1. The predicted octanol–water partition coefficient (Wildman–Crippen LogP) is -0.0427. The first-order valence-electron chi connectivity index (χ1n) is 11.1. The third-order valence-electron chi connectivity index (χ3n) is 7.49. The summed E-state index contributed by atoms with van der Waals surface area (Å²) in [6.45, 7) is 6.51. The zero-order chi connectivity index (χ0) is 21.9. The van der Waals surface area contributed by atoms with Crippen molar-refractivity contribution in [3.8, 4) is 0 Å². The van der Waals surface area contributed by atoms with Crippen molar-refractivity contribution in [3.63, 3.8) is 0 Å². The third-order valence-corrected chi connectivity index (χ3v) is 7.49. The molecule has 4 aliphatic heterocycles. The van der Waals surface area contributed by atoms with Crippen LogP contribution in [0.1, 0.15) is 37.7 Å². The minimum Gasteiger partial charge on any atom is -0.464 e. The number of hydrogen-bond donors (Lipinski definition) is 1. The van der Waals surface area contributed by atoms with Crippen molar-refractivity contribution in [2.45, 2.75) is 63.4 Å². The Bertz CT molecular complexity index is 899. The number of amides is 3. The van der Waals surface area contributed by atoms with E-state index in [2.05, 4.69) is 4.90 Å². The molecule has 1 N–H and O–H groups in total. The molecule has 2 atom stereocenters. The second kappa shape index (κ2) is 7.43. The first-order valence-corrected chi connectivity index (χ1v) is 11.1. The van der Waals surface area contributed by atoms with Crippen LogP contribution in [0.3, 0.4) is 0 Å². The summed E-state index contributed by atoms with van der Waals surface area (Å²) in [7, 11) is 0. The van der Waals surface area contributed by atoms with E-state index in [0.717, 1.165) is 31.7 Å². The number of aliphatic hydroxyl groups is 1. The summed E-state index contributed by atoms with van der Waals surface area (Å²) < 4.78 is 5.63. The summed E-state index contributed by atoms with van der Waals surface area (Å²) in [5, 5.41) is 10.3. The van der Waals surface area contributed by atoms with Crippen LogP contribution in [0.2, 0.25) is 0 Å². The van der Waals surface area contributed by atoms with Crippen LogP contribution in [-0.2, 0) is 20.9 Å². The lowest BCUT2D eigenvalue weighted by molar-refractivity contribution is -0.184. The molecule has 4 saturated heterocycles. The van der Waals surface area contributed by atoms with Crippen molar-refractivity contribution in [2.24, 2.45) is 0 Å². The van der Waals surface area contributed by atoms with E-state index in [0.29, 0.717) is 37.9 Å². The molecule has 4 fully saturated rings. The molecule has 5 heterocycles. The average Bonchev–Trinajstić information content (AvgIpc) is 3.30. The van der Waals surface area contributed by atoms with Gasteiger partial charge < -0.3 is 14.4 Å². The van der Waals surface area contributed by atoms with Crippen molar-refractivity contribution in [2.75, 3.05) is 32.7 Å². The molecular weight excluding hydrogens is 400 g/mol. The van der Waals surface area contributed by atoms with Gasteiger partial charge in [-0.3, -0.25) is 29.1 Å². The summed E-state index contributed by atoms with van der Waals surface area (Å²) in [5.74, 6) is 1.02. The predicted molar refractivity (Wildman–Crippen MR) is 110 cm³/mol. The number of piperazine rings is 1. The van der Waals surface area contributed by atoms with Crippen molar-refractivity contribution >= 4 is 17.7 Å². The number of likely N-dealkylation sites (tertiary alicyclic amines) is 2. The zero-order valence-electron chi connectivity index (χ0n) is 18.1. The van der Waals surface area contributed by atoms with Crippen molar-refractivity contribution in [1.82, 2.24) is 19.6 Å². The van der Waals surface area contributed by atoms with E-state index in [4.69, 9.17) is 4.42 Å². The highest BCUT2D eigenvalue weighted by Gasteiger charge is 2.65. The topological polar surface area (TPSA) is 97.5 Å². The van der Waals surface area contributed by atoms with Crippen LogP contribution in [0.5, 0.6) is 0 Å². The standard InChI is InChI=1S/C22H30N4O5/c1-14-3-4-18(31-14)11-25-20(29)19-9-17(28)10-26(19)22(21(25)30)12-24(13-22)16-5-7-23(8-6-16)15(2)27/h3-4,16-17,19,28H,5-13H2,1-2H3/t17-,19+/m1/s1. The van der Waals surface area contributed by atoms with Gasteiger partial charge in [-0.1, -0.05) is 0 Å². The highest BCUT2D eigenvalue weighted by atomic mass is 16.3. The van der Waals surface area contributed by atoms with Gasteiger partial charge in [0, 0.05) is 45.7 Å². The normalized spacial score (nSPS) is 29.5.